The number of benzene rings is 2. The Morgan fingerprint density at radius 1 is 1.13 bits per heavy atom. The molecule has 0 radical (unpaired) electrons. The molecule has 0 saturated carbocycles. The summed E-state index contributed by atoms with van der Waals surface area (Å²) in [5, 5.41) is 0.501. The van der Waals surface area contributed by atoms with Crippen molar-refractivity contribution in [1.82, 2.24) is 14.9 Å². The number of esters is 1. The van der Waals surface area contributed by atoms with Crippen molar-refractivity contribution in [3.63, 3.8) is 0 Å². The van der Waals surface area contributed by atoms with Crippen LogP contribution >= 0.6 is 0 Å². The molecule has 0 bridgehead atoms. The normalized spacial score (nSPS) is 10.8. The van der Waals surface area contributed by atoms with Gasteiger partial charge in [-0.15, -0.1) is 0 Å². The van der Waals surface area contributed by atoms with E-state index in [1.165, 1.54) is 10.5 Å². The Hall–Kier alpha value is -3.48. The molecule has 0 spiro atoms. The number of aromatic nitrogens is 2. The Balaban J connectivity index is 1.49. The van der Waals surface area contributed by atoms with Gasteiger partial charge in [0.05, 0.1) is 17.3 Å². The topological polar surface area (TPSA) is 92.4 Å². The van der Waals surface area contributed by atoms with Crippen molar-refractivity contribution in [2.75, 3.05) is 13.7 Å². The van der Waals surface area contributed by atoms with Crippen LogP contribution in [0.25, 0.3) is 10.9 Å². The van der Waals surface area contributed by atoms with Crippen LogP contribution < -0.4 is 5.56 Å². The Morgan fingerprint density at radius 2 is 1.90 bits per heavy atom. The van der Waals surface area contributed by atoms with Crippen LogP contribution in [0.3, 0.4) is 0 Å². The minimum atomic E-state index is -0.515. The number of H-pyrrole nitrogens is 1. The summed E-state index contributed by atoms with van der Waals surface area (Å²) in [6, 6.07) is 13.1. The molecule has 3 rings (SSSR count). The first-order valence-corrected chi connectivity index (χ1v) is 9.77. The molecule has 2 aromatic carbocycles. The Bertz CT molecular complexity index is 1140. The molecule has 0 saturated heterocycles. The number of para-hydroxylation sites is 1. The van der Waals surface area contributed by atoms with Gasteiger partial charge in [0.15, 0.2) is 6.61 Å². The summed E-state index contributed by atoms with van der Waals surface area (Å²) in [4.78, 5) is 44.9. The summed E-state index contributed by atoms with van der Waals surface area (Å²) >= 11 is 0. The van der Waals surface area contributed by atoms with Crippen molar-refractivity contribution >= 4 is 22.8 Å². The summed E-state index contributed by atoms with van der Waals surface area (Å²) < 4.78 is 5.10. The number of carbonyl (C=O) groups excluding carboxylic acids is 2. The zero-order valence-electron chi connectivity index (χ0n) is 17.4. The van der Waals surface area contributed by atoms with Crippen LogP contribution in [0.4, 0.5) is 0 Å². The number of aromatic amines is 1. The molecule has 0 aliphatic rings. The molecule has 7 nitrogen and oxygen atoms in total. The van der Waals surface area contributed by atoms with Gasteiger partial charge in [-0.3, -0.25) is 14.4 Å². The minimum Gasteiger partial charge on any atom is -0.456 e. The van der Waals surface area contributed by atoms with Crippen molar-refractivity contribution in [2.45, 2.75) is 33.2 Å². The van der Waals surface area contributed by atoms with Gasteiger partial charge in [-0.05, 0) is 37.1 Å². The first kappa shape index (κ1) is 21.2. The molecular formula is C23H25N3O4. The van der Waals surface area contributed by atoms with Gasteiger partial charge in [0.25, 0.3) is 11.5 Å². The Morgan fingerprint density at radius 3 is 2.67 bits per heavy atom. The van der Waals surface area contributed by atoms with E-state index >= 15 is 0 Å². The molecule has 7 heteroatoms. The van der Waals surface area contributed by atoms with E-state index in [1.807, 2.05) is 26.0 Å². The molecule has 0 aliphatic carbocycles. The highest BCUT2D eigenvalue weighted by molar-refractivity contribution is 5.80. The highest BCUT2D eigenvalue weighted by Crippen LogP contribution is 2.13. The van der Waals surface area contributed by atoms with Crippen LogP contribution in [-0.4, -0.2) is 40.4 Å². The van der Waals surface area contributed by atoms with Crippen molar-refractivity contribution in [3.8, 4) is 0 Å². The number of amides is 1. The van der Waals surface area contributed by atoms with Gasteiger partial charge < -0.3 is 14.6 Å². The van der Waals surface area contributed by atoms with Crippen molar-refractivity contribution in [1.29, 1.82) is 0 Å². The third-order valence-electron chi connectivity index (χ3n) is 4.92. The van der Waals surface area contributed by atoms with E-state index in [2.05, 4.69) is 16.0 Å². The van der Waals surface area contributed by atoms with Gasteiger partial charge in [0, 0.05) is 20.0 Å². The molecule has 1 amide bonds. The summed E-state index contributed by atoms with van der Waals surface area (Å²) in [7, 11) is 1.68. The quantitative estimate of drug-likeness (QED) is 0.608. The third kappa shape index (κ3) is 5.31. The van der Waals surface area contributed by atoms with Crippen molar-refractivity contribution in [3.05, 3.63) is 75.3 Å². The van der Waals surface area contributed by atoms with E-state index in [1.54, 1.807) is 31.3 Å². The SMILES string of the molecule is Cc1ccc(CN(C)C(=O)COC(=O)CCc2nc3ccccc3c(=O)[nH]2)c(C)c1. The van der Waals surface area contributed by atoms with Crippen LogP contribution in [-0.2, 0) is 27.3 Å². The molecule has 0 unspecified atom stereocenters. The van der Waals surface area contributed by atoms with Gasteiger partial charge in [-0.1, -0.05) is 35.9 Å². The summed E-state index contributed by atoms with van der Waals surface area (Å²) in [5.74, 6) is -0.381. The lowest BCUT2D eigenvalue weighted by atomic mass is 10.1. The van der Waals surface area contributed by atoms with Gasteiger partial charge in [0.2, 0.25) is 0 Å². The third-order valence-corrected chi connectivity index (χ3v) is 4.92. The number of ether oxygens (including phenoxy) is 1. The van der Waals surface area contributed by atoms with Crippen LogP contribution in [0.2, 0.25) is 0 Å². The summed E-state index contributed by atoms with van der Waals surface area (Å²) in [6.07, 6.45) is 0.251. The maximum Gasteiger partial charge on any atom is 0.306 e. The molecule has 0 fully saturated rings. The Labute approximate surface area is 174 Å². The highest BCUT2D eigenvalue weighted by Gasteiger charge is 2.14. The maximum atomic E-state index is 12.3. The fourth-order valence-electron chi connectivity index (χ4n) is 3.17. The average Bonchev–Trinajstić information content (AvgIpc) is 2.72. The number of likely N-dealkylation sites (N-methyl/N-ethyl adjacent to an activating group) is 1. The summed E-state index contributed by atoms with van der Waals surface area (Å²) in [6.45, 7) is 4.16. The number of rotatable bonds is 7. The molecular weight excluding hydrogens is 382 g/mol. The van der Waals surface area contributed by atoms with E-state index in [9.17, 15) is 14.4 Å². The molecule has 156 valence electrons. The lowest BCUT2D eigenvalue weighted by Gasteiger charge is -2.18. The lowest BCUT2D eigenvalue weighted by molar-refractivity contribution is -0.151. The fraction of sp³-hybridized carbons (Fsp3) is 0.304. The minimum absolute atomic E-state index is 0.0232. The Kier molecular flexibility index (Phi) is 6.61. The van der Waals surface area contributed by atoms with Crippen LogP contribution in [0.1, 0.15) is 28.9 Å². The van der Waals surface area contributed by atoms with Crippen molar-refractivity contribution in [2.24, 2.45) is 0 Å². The number of aryl methyl sites for hydroxylation is 3. The fourth-order valence-corrected chi connectivity index (χ4v) is 3.17. The number of nitrogens with one attached hydrogen (secondary N) is 1. The van der Waals surface area contributed by atoms with E-state index in [4.69, 9.17) is 4.74 Å². The smallest absolute Gasteiger partial charge is 0.306 e. The maximum absolute atomic E-state index is 12.3. The zero-order valence-corrected chi connectivity index (χ0v) is 17.4. The van der Waals surface area contributed by atoms with Gasteiger partial charge in [0.1, 0.15) is 5.82 Å². The first-order chi connectivity index (χ1) is 14.3. The second kappa shape index (κ2) is 9.35. The average molecular weight is 407 g/mol. The standard InChI is InChI=1S/C23H25N3O4/c1-15-8-9-17(16(2)12-15)13-26(3)21(27)14-30-22(28)11-10-20-24-19-7-5-4-6-18(19)23(29)25-20/h4-9,12H,10-11,13-14H2,1-3H3,(H,24,25,29). The number of fused-ring (bicyclic) bond motifs is 1. The van der Waals surface area contributed by atoms with Crippen LogP contribution in [0.5, 0.6) is 0 Å². The van der Waals surface area contributed by atoms with E-state index < -0.39 is 5.97 Å². The zero-order chi connectivity index (χ0) is 21.7. The van der Waals surface area contributed by atoms with Gasteiger partial charge in [-0.2, -0.15) is 0 Å². The second-order valence-corrected chi connectivity index (χ2v) is 7.37. The highest BCUT2D eigenvalue weighted by atomic mass is 16.5. The largest absolute Gasteiger partial charge is 0.456 e. The monoisotopic (exact) mass is 407 g/mol. The van der Waals surface area contributed by atoms with Crippen LogP contribution in [0.15, 0.2) is 47.3 Å². The predicted molar refractivity (Wildman–Crippen MR) is 114 cm³/mol. The molecule has 0 atom stereocenters. The number of nitrogens with zero attached hydrogens (tertiary/aromatic N) is 2. The van der Waals surface area contributed by atoms with Crippen LogP contribution in [0, 0.1) is 13.8 Å². The van der Waals surface area contributed by atoms with E-state index in [0.717, 1.165) is 11.1 Å². The molecule has 0 aliphatic heterocycles. The predicted octanol–water partition coefficient (Wildman–Crippen LogP) is 2.67. The molecule has 30 heavy (non-hydrogen) atoms. The van der Waals surface area contributed by atoms with E-state index in [0.29, 0.717) is 23.3 Å². The second-order valence-electron chi connectivity index (χ2n) is 7.37. The molecule has 1 N–H and O–H groups in total. The first-order valence-electron chi connectivity index (χ1n) is 9.77. The molecule has 1 aromatic heterocycles. The van der Waals surface area contributed by atoms with Gasteiger partial charge >= 0.3 is 5.97 Å². The number of hydrogen-bond donors (Lipinski definition) is 1. The number of carbonyl (C=O) groups is 2. The number of hydrogen-bond acceptors (Lipinski definition) is 5. The molecule has 1 heterocycles. The molecule has 3 aromatic rings. The van der Waals surface area contributed by atoms with E-state index in [-0.39, 0.29) is 30.9 Å². The van der Waals surface area contributed by atoms with Gasteiger partial charge in [-0.25, -0.2) is 4.98 Å². The lowest BCUT2D eigenvalue weighted by Crippen LogP contribution is -2.31. The van der Waals surface area contributed by atoms with Crippen molar-refractivity contribution < 1.29 is 14.3 Å². The summed E-state index contributed by atoms with van der Waals surface area (Å²) in [5.41, 5.74) is 3.67.